The summed E-state index contributed by atoms with van der Waals surface area (Å²) in [5, 5.41) is 27.6. The highest BCUT2D eigenvalue weighted by molar-refractivity contribution is 5.98. The lowest BCUT2D eigenvalue weighted by atomic mass is 10.1. The Kier molecular flexibility index (Phi) is 3.57. The number of amides is 1. The van der Waals surface area contributed by atoms with Crippen LogP contribution in [0.2, 0.25) is 0 Å². The zero-order chi connectivity index (χ0) is 16.6. The lowest BCUT2D eigenvalue weighted by Crippen LogP contribution is -1.92. The second-order valence-corrected chi connectivity index (χ2v) is 5.38. The fourth-order valence-electron chi connectivity index (χ4n) is 2.52. The molecule has 1 aromatic heterocycles. The minimum atomic E-state index is -0.598. The number of benzene rings is 2. The Balaban J connectivity index is 2.01. The second kappa shape index (κ2) is 5.57. The van der Waals surface area contributed by atoms with E-state index in [0.717, 1.165) is 16.6 Å². The molecule has 0 saturated heterocycles. The maximum atomic E-state index is 12.0. The number of rotatable bonds is 2. The number of carbonyl (C=O) groups is 1. The molecule has 0 radical (unpaired) electrons. The van der Waals surface area contributed by atoms with Crippen molar-refractivity contribution in [1.29, 1.82) is 0 Å². The fraction of sp³-hybridized carbons (Fsp3) is 0.118. The SMILES string of the molecule is Cc1cc(C)c2[nH]c(O)c(N=NC(=O)c3cccc(O)c3)c2c1. The van der Waals surface area contributed by atoms with Gasteiger partial charge in [-0.1, -0.05) is 17.7 Å². The predicted molar refractivity (Wildman–Crippen MR) is 86.4 cm³/mol. The van der Waals surface area contributed by atoms with Gasteiger partial charge in [0.1, 0.15) is 5.75 Å². The molecule has 0 spiro atoms. The molecule has 0 aliphatic carbocycles. The van der Waals surface area contributed by atoms with Gasteiger partial charge in [0.05, 0.1) is 5.52 Å². The number of nitrogens with zero attached hydrogens (tertiary/aromatic N) is 2. The molecule has 0 unspecified atom stereocenters. The van der Waals surface area contributed by atoms with Gasteiger partial charge in [-0.05, 0) is 43.7 Å². The Morgan fingerprint density at radius 3 is 2.65 bits per heavy atom. The van der Waals surface area contributed by atoms with Gasteiger partial charge < -0.3 is 15.2 Å². The highest BCUT2D eigenvalue weighted by Crippen LogP contribution is 2.37. The lowest BCUT2D eigenvalue weighted by Gasteiger charge is -1.99. The average Bonchev–Trinajstić information content (AvgIpc) is 2.81. The summed E-state index contributed by atoms with van der Waals surface area (Å²) >= 11 is 0. The highest BCUT2D eigenvalue weighted by atomic mass is 16.3. The summed E-state index contributed by atoms with van der Waals surface area (Å²) < 4.78 is 0. The zero-order valence-corrected chi connectivity index (χ0v) is 12.7. The van der Waals surface area contributed by atoms with Crippen LogP contribution in [0.15, 0.2) is 46.6 Å². The summed E-state index contributed by atoms with van der Waals surface area (Å²) in [4.78, 5) is 14.9. The van der Waals surface area contributed by atoms with Crippen molar-refractivity contribution in [3.8, 4) is 11.6 Å². The van der Waals surface area contributed by atoms with Crippen LogP contribution in [0.4, 0.5) is 5.69 Å². The molecule has 0 saturated carbocycles. The van der Waals surface area contributed by atoms with Crippen LogP contribution in [0.3, 0.4) is 0 Å². The molecule has 0 aliphatic rings. The van der Waals surface area contributed by atoms with Crippen LogP contribution in [-0.2, 0) is 0 Å². The van der Waals surface area contributed by atoms with Crippen molar-refractivity contribution in [2.24, 2.45) is 10.2 Å². The first-order chi connectivity index (χ1) is 11.0. The maximum absolute atomic E-state index is 12.0. The number of aromatic hydroxyl groups is 2. The molecule has 0 atom stereocenters. The van der Waals surface area contributed by atoms with E-state index in [1.54, 1.807) is 6.07 Å². The molecule has 23 heavy (non-hydrogen) atoms. The predicted octanol–water partition coefficient (Wildman–Crippen LogP) is 4.12. The van der Waals surface area contributed by atoms with E-state index in [1.807, 2.05) is 26.0 Å². The summed E-state index contributed by atoms with van der Waals surface area (Å²) in [6.07, 6.45) is 0. The summed E-state index contributed by atoms with van der Waals surface area (Å²) in [6, 6.07) is 9.71. The van der Waals surface area contributed by atoms with Crippen LogP contribution in [0, 0.1) is 13.8 Å². The summed E-state index contributed by atoms with van der Waals surface area (Å²) in [6.45, 7) is 3.86. The first-order valence-corrected chi connectivity index (χ1v) is 7.02. The molecule has 3 rings (SSSR count). The van der Waals surface area contributed by atoms with E-state index in [9.17, 15) is 15.0 Å². The lowest BCUT2D eigenvalue weighted by molar-refractivity contribution is 0.0994. The first kappa shape index (κ1) is 14.8. The van der Waals surface area contributed by atoms with E-state index in [4.69, 9.17) is 0 Å². The maximum Gasteiger partial charge on any atom is 0.295 e. The minimum Gasteiger partial charge on any atom is -0.508 e. The Labute approximate surface area is 132 Å². The van der Waals surface area contributed by atoms with Crippen LogP contribution in [-0.4, -0.2) is 21.1 Å². The number of hydrogen-bond donors (Lipinski definition) is 3. The molecule has 0 bridgehead atoms. The smallest absolute Gasteiger partial charge is 0.295 e. The van der Waals surface area contributed by atoms with Crippen LogP contribution in [0.1, 0.15) is 21.5 Å². The van der Waals surface area contributed by atoms with Crippen molar-refractivity contribution in [3.63, 3.8) is 0 Å². The van der Waals surface area contributed by atoms with Gasteiger partial charge >= 0.3 is 0 Å². The quantitative estimate of drug-likeness (QED) is 0.621. The topological polar surface area (TPSA) is 98.0 Å². The zero-order valence-electron chi connectivity index (χ0n) is 12.7. The number of nitrogens with one attached hydrogen (secondary N) is 1. The molecule has 1 amide bonds. The Bertz CT molecular complexity index is 942. The molecule has 2 aromatic carbocycles. The monoisotopic (exact) mass is 309 g/mol. The number of aromatic amines is 1. The first-order valence-electron chi connectivity index (χ1n) is 7.02. The van der Waals surface area contributed by atoms with Crippen molar-refractivity contribution >= 4 is 22.5 Å². The van der Waals surface area contributed by atoms with E-state index in [0.29, 0.717) is 5.39 Å². The minimum absolute atomic E-state index is 0.0211. The number of fused-ring (bicyclic) bond motifs is 1. The van der Waals surface area contributed by atoms with Crippen molar-refractivity contribution < 1.29 is 15.0 Å². The second-order valence-electron chi connectivity index (χ2n) is 5.38. The molecular weight excluding hydrogens is 294 g/mol. The van der Waals surface area contributed by atoms with Crippen molar-refractivity contribution in [2.45, 2.75) is 13.8 Å². The summed E-state index contributed by atoms with van der Waals surface area (Å²) in [7, 11) is 0. The molecule has 6 nitrogen and oxygen atoms in total. The fourth-order valence-corrected chi connectivity index (χ4v) is 2.52. The van der Waals surface area contributed by atoms with Gasteiger partial charge in [-0.2, -0.15) is 0 Å². The Morgan fingerprint density at radius 2 is 1.91 bits per heavy atom. The number of aryl methyl sites for hydroxylation is 2. The van der Waals surface area contributed by atoms with Gasteiger partial charge in [0.25, 0.3) is 5.91 Å². The third kappa shape index (κ3) is 2.78. The molecule has 3 N–H and O–H groups in total. The molecule has 1 heterocycles. The van der Waals surface area contributed by atoms with E-state index in [-0.39, 0.29) is 22.9 Å². The number of hydrogen-bond acceptors (Lipinski definition) is 4. The van der Waals surface area contributed by atoms with Gasteiger partial charge in [0.2, 0.25) is 5.88 Å². The van der Waals surface area contributed by atoms with Crippen molar-refractivity contribution in [1.82, 2.24) is 4.98 Å². The van der Waals surface area contributed by atoms with Crippen LogP contribution >= 0.6 is 0 Å². The highest BCUT2D eigenvalue weighted by Gasteiger charge is 2.13. The van der Waals surface area contributed by atoms with Gasteiger partial charge in [0.15, 0.2) is 5.69 Å². The van der Waals surface area contributed by atoms with Crippen LogP contribution in [0.25, 0.3) is 10.9 Å². The van der Waals surface area contributed by atoms with Crippen molar-refractivity contribution in [3.05, 3.63) is 53.1 Å². The standard InChI is InChI=1S/C17H15N3O3/c1-9-6-10(2)14-13(7-9)15(17(23)18-14)19-20-16(22)11-4-3-5-12(21)8-11/h3-8,18,21,23H,1-2H3. The van der Waals surface area contributed by atoms with Crippen LogP contribution in [0.5, 0.6) is 11.6 Å². The van der Waals surface area contributed by atoms with Gasteiger partial charge in [0, 0.05) is 10.9 Å². The van der Waals surface area contributed by atoms with Crippen LogP contribution < -0.4 is 0 Å². The van der Waals surface area contributed by atoms with Gasteiger partial charge in [-0.25, -0.2) is 0 Å². The molecule has 0 fully saturated rings. The number of aromatic nitrogens is 1. The molecule has 3 aromatic rings. The number of carbonyl (C=O) groups excluding carboxylic acids is 1. The Hall–Kier alpha value is -3.15. The van der Waals surface area contributed by atoms with Crippen molar-refractivity contribution in [2.75, 3.05) is 0 Å². The number of phenolic OH excluding ortho intramolecular Hbond substituents is 1. The molecular formula is C17H15N3O3. The van der Waals surface area contributed by atoms with Gasteiger partial charge in [-0.15, -0.1) is 10.2 Å². The molecule has 6 heteroatoms. The molecule has 116 valence electrons. The Morgan fingerprint density at radius 1 is 1.13 bits per heavy atom. The van der Waals surface area contributed by atoms with Gasteiger partial charge in [-0.3, -0.25) is 4.79 Å². The average molecular weight is 309 g/mol. The normalized spacial score (nSPS) is 11.4. The number of phenols is 1. The molecule has 0 aliphatic heterocycles. The third-order valence-electron chi connectivity index (χ3n) is 3.54. The summed E-state index contributed by atoms with van der Waals surface area (Å²) in [5.41, 5.74) is 3.19. The number of H-pyrrole nitrogens is 1. The summed E-state index contributed by atoms with van der Waals surface area (Å²) in [5.74, 6) is -0.757. The van der Waals surface area contributed by atoms with E-state index in [1.165, 1.54) is 18.2 Å². The third-order valence-corrected chi connectivity index (χ3v) is 3.54. The number of azo groups is 1. The van der Waals surface area contributed by atoms with E-state index < -0.39 is 5.91 Å². The largest absolute Gasteiger partial charge is 0.508 e. The van der Waals surface area contributed by atoms with E-state index >= 15 is 0 Å². The van der Waals surface area contributed by atoms with E-state index in [2.05, 4.69) is 15.2 Å².